The van der Waals surface area contributed by atoms with Crippen molar-refractivity contribution in [1.82, 2.24) is 9.80 Å². The number of rotatable bonds is 3. The number of thioether (sulfide) groups is 1. The molecule has 2 fully saturated rings. The van der Waals surface area contributed by atoms with E-state index in [4.69, 9.17) is 9.15 Å². The minimum atomic E-state index is -0.261. The summed E-state index contributed by atoms with van der Waals surface area (Å²) >= 11 is 0.949. The Hall–Kier alpha value is -1.57. The molecule has 1 aromatic rings. The smallest absolute Gasteiger partial charge is 0.294 e. The van der Waals surface area contributed by atoms with Crippen LogP contribution in [0.3, 0.4) is 0 Å². The fourth-order valence-electron chi connectivity index (χ4n) is 2.07. The summed E-state index contributed by atoms with van der Waals surface area (Å²) < 4.78 is 10.4. The number of nitrogens with zero attached hydrogens (tertiary/aromatic N) is 2. The van der Waals surface area contributed by atoms with E-state index in [1.165, 1.54) is 11.2 Å². The SMILES string of the molecule is O=C1S/C(=C/c2ccco2)C(=O)N1CN1CCOCC1. The predicted molar refractivity (Wildman–Crippen MR) is 73.8 cm³/mol. The molecule has 106 valence electrons. The second kappa shape index (κ2) is 5.82. The Bertz CT molecular complexity index is 535. The summed E-state index contributed by atoms with van der Waals surface area (Å²) in [5, 5.41) is -0.237. The van der Waals surface area contributed by atoms with E-state index < -0.39 is 0 Å². The number of carbonyl (C=O) groups is 2. The lowest BCUT2D eigenvalue weighted by atomic mass is 10.3. The van der Waals surface area contributed by atoms with Crippen LogP contribution in [0, 0.1) is 0 Å². The van der Waals surface area contributed by atoms with Crippen LogP contribution in [0.2, 0.25) is 0 Å². The van der Waals surface area contributed by atoms with Crippen molar-refractivity contribution in [3.63, 3.8) is 0 Å². The first kappa shape index (κ1) is 13.4. The van der Waals surface area contributed by atoms with Crippen LogP contribution in [0.25, 0.3) is 6.08 Å². The minimum Gasteiger partial charge on any atom is -0.465 e. The average molecular weight is 294 g/mol. The molecule has 0 aliphatic carbocycles. The van der Waals surface area contributed by atoms with Gasteiger partial charge in [-0.15, -0.1) is 0 Å². The summed E-state index contributed by atoms with van der Waals surface area (Å²) in [6, 6.07) is 3.49. The van der Waals surface area contributed by atoms with E-state index in [-0.39, 0.29) is 11.1 Å². The molecule has 0 saturated carbocycles. The lowest BCUT2D eigenvalue weighted by molar-refractivity contribution is -0.125. The van der Waals surface area contributed by atoms with Gasteiger partial charge in [0.25, 0.3) is 11.1 Å². The molecule has 3 rings (SSSR count). The Kier molecular flexibility index (Phi) is 3.90. The van der Waals surface area contributed by atoms with E-state index >= 15 is 0 Å². The van der Waals surface area contributed by atoms with Crippen molar-refractivity contribution >= 4 is 29.0 Å². The number of hydrogen-bond donors (Lipinski definition) is 0. The summed E-state index contributed by atoms with van der Waals surface area (Å²) in [4.78, 5) is 27.9. The molecule has 0 unspecified atom stereocenters. The lowest BCUT2D eigenvalue weighted by Gasteiger charge is -2.29. The third-order valence-electron chi connectivity index (χ3n) is 3.14. The van der Waals surface area contributed by atoms with Crippen LogP contribution in [0.5, 0.6) is 0 Å². The topological polar surface area (TPSA) is 63.0 Å². The Morgan fingerprint density at radius 1 is 1.30 bits per heavy atom. The molecule has 0 N–H and O–H groups in total. The van der Waals surface area contributed by atoms with Crippen molar-refractivity contribution in [1.29, 1.82) is 0 Å². The van der Waals surface area contributed by atoms with Crippen molar-refractivity contribution in [2.45, 2.75) is 0 Å². The Balaban J connectivity index is 1.70. The summed E-state index contributed by atoms with van der Waals surface area (Å²) in [7, 11) is 0. The molecule has 7 heteroatoms. The van der Waals surface area contributed by atoms with Crippen LogP contribution in [-0.4, -0.2) is 53.9 Å². The first-order valence-corrected chi connectivity index (χ1v) is 7.14. The Labute approximate surface area is 120 Å². The van der Waals surface area contributed by atoms with Gasteiger partial charge in [-0.05, 0) is 23.9 Å². The second-order valence-corrected chi connectivity index (χ2v) is 5.49. The predicted octanol–water partition coefficient (Wildman–Crippen LogP) is 1.61. The third kappa shape index (κ3) is 2.79. The van der Waals surface area contributed by atoms with Crippen LogP contribution in [0.1, 0.15) is 5.76 Å². The van der Waals surface area contributed by atoms with E-state index in [2.05, 4.69) is 0 Å². The van der Waals surface area contributed by atoms with Crippen LogP contribution < -0.4 is 0 Å². The zero-order valence-electron chi connectivity index (χ0n) is 10.8. The maximum absolute atomic E-state index is 12.2. The summed E-state index contributed by atoms with van der Waals surface area (Å²) in [5.74, 6) is 0.310. The van der Waals surface area contributed by atoms with Crippen LogP contribution in [-0.2, 0) is 9.53 Å². The van der Waals surface area contributed by atoms with Crippen LogP contribution in [0.4, 0.5) is 4.79 Å². The summed E-state index contributed by atoms with van der Waals surface area (Å²) in [6.07, 6.45) is 3.13. The Morgan fingerprint density at radius 3 is 2.80 bits per heavy atom. The van der Waals surface area contributed by atoms with E-state index in [1.54, 1.807) is 18.2 Å². The fraction of sp³-hybridized carbons (Fsp3) is 0.385. The number of morpholine rings is 1. The van der Waals surface area contributed by atoms with Crippen molar-refractivity contribution in [2.24, 2.45) is 0 Å². The molecule has 3 heterocycles. The first-order chi connectivity index (χ1) is 9.74. The molecule has 0 atom stereocenters. The van der Waals surface area contributed by atoms with Gasteiger partial charge in [-0.1, -0.05) is 0 Å². The molecule has 6 nitrogen and oxygen atoms in total. The monoisotopic (exact) mass is 294 g/mol. The highest BCUT2D eigenvalue weighted by atomic mass is 32.2. The van der Waals surface area contributed by atoms with Gasteiger partial charge in [-0.25, -0.2) is 0 Å². The standard InChI is InChI=1S/C13H14N2O4S/c16-12-11(8-10-2-1-5-19-10)20-13(17)15(12)9-14-3-6-18-7-4-14/h1-2,5,8H,3-4,6-7,9H2/b11-8+. The number of amides is 2. The number of imide groups is 1. The average Bonchev–Trinajstić information content (AvgIpc) is 3.05. The maximum Gasteiger partial charge on any atom is 0.294 e. The largest absolute Gasteiger partial charge is 0.465 e. The molecule has 2 aliphatic heterocycles. The van der Waals surface area contributed by atoms with Crippen molar-refractivity contribution in [3.05, 3.63) is 29.1 Å². The molecule has 2 amide bonds. The highest BCUT2D eigenvalue weighted by molar-refractivity contribution is 8.18. The highest BCUT2D eigenvalue weighted by Crippen LogP contribution is 2.32. The van der Waals surface area contributed by atoms with E-state index in [0.717, 1.165) is 24.9 Å². The number of ether oxygens (including phenoxy) is 1. The van der Waals surface area contributed by atoms with Crippen LogP contribution >= 0.6 is 11.8 Å². The molecule has 0 aromatic carbocycles. The fourth-order valence-corrected chi connectivity index (χ4v) is 2.88. The van der Waals surface area contributed by atoms with Gasteiger partial charge in [0, 0.05) is 19.2 Å². The van der Waals surface area contributed by atoms with Gasteiger partial charge in [0.05, 0.1) is 31.1 Å². The van der Waals surface area contributed by atoms with Crippen molar-refractivity contribution in [2.75, 3.05) is 33.0 Å². The number of carbonyl (C=O) groups excluding carboxylic acids is 2. The minimum absolute atomic E-state index is 0.237. The molecular weight excluding hydrogens is 280 g/mol. The van der Waals surface area contributed by atoms with Crippen LogP contribution in [0.15, 0.2) is 27.7 Å². The van der Waals surface area contributed by atoms with Crippen molar-refractivity contribution in [3.8, 4) is 0 Å². The quantitative estimate of drug-likeness (QED) is 0.789. The number of hydrogen-bond acceptors (Lipinski definition) is 6. The van der Waals surface area contributed by atoms with Gasteiger partial charge in [0.1, 0.15) is 5.76 Å². The molecule has 1 aromatic heterocycles. The third-order valence-corrected chi connectivity index (χ3v) is 4.04. The second-order valence-electron chi connectivity index (χ2n) is 4.50. The summed E-state index contributed by atoms with van der Waals surface area (Å²) in [5.41, 5.74) is 0. The van der Waals surface area contributed by atoms with E-state index in [0.29, 0.717) is 30.5 Å². The van der Waals surface area contributed by atoms with Gasteiger partial charge in [0.2, 0.25) is 0 Å². The number of furan rings is 1. The normalized spacial score (nSPS) is 23.0. The first-order valence-electron chi connectivity index (χ1n) is 6.33. The summed E-state index contributed by atoms with van der Waals surface area (Å²) in [6.45, 7) is 3.07. The van der Waals surface area contributed by atoms with Crippen molar-refractivity contribution < 1.29 is 18.7 Å². The van der Waals surface area contributed by atoms with Gasteiger partial charge in [0.15, 0.2) is 0 Å². The zero-order chi connectivity index (χ0) is 13.9. The van der Waals surface area contributed by atoms with E-state index in [1.807, 2.05) is 4.90 Å². The molecule has 2 aliphatic rings. The maximum atomic E-state index is 12.2. The molecule has 0 radical (unpaired) electrons. The molecule has 0 spiro atoms. The molecule has 2 saturated heterocycles. The molecule has 0 bridgehead atoms. The molecular formula is C13H14N2O4S. The Morgan fingerprint density at radius 2 is 2.10 bits per heavy atom. The highest BCUT2D eigenvalue weighted by Gasteiger charge is 2.36. The van der Waals surface area contributed by atoms with Gasteiger partial charge >= 0.3 is 0 Å². The van der Waals surface area contributed by atoms with Gasteiger partial charge < -0.3 is 9.15 Å². The molecule has 20 heavy (non-hydrogen) atoms. The zero-order valence-corrected chi connectivity index (χ0v) is 11.6. The van der Waals surface area contributed by atoms with Gasteiger partial charge in [-0.3, -0.25) is 19.4 Å². The van der Waals surface area contributed by atoms with E-state index in [9.17, 15) is 9.59 Å². The lowest BCUT2D eigenvalue weighted by Crippen LogP contribution is -2.45. The van der Waals surface area contributed by atoms with Gasteiger partial charge in [-0.2, -0.15) is 0 Å².